The topological polar surface area (TPSA) is 26.3 Å². The van der Waals surface area contributed by atoms with Crippen LogP contribution < -0.4 is 5.43 Å². The molecular weight excluding hydrogens is 164 g/mol. The van der Waals surface area contributed by atoms with E-state index in [1.165, 1.54) is 19.3 Å². The van der Waals surface area contributed by atoms with Gasteiger partial charge in [0.25, 0.3) is 0 Å². The molecule has 1 aromatic carbocycles. The fourth-order valence-electron chi connectivity index (χ4n) is 1.54. The molecule has 13 heavy (non-hydrogen) atoms. The highest BCUT2D eigenvalue weighted by molar-refractivity contribution is 5.38. The molecule has 1 rings (SSSR count). The van der Waals surface area contributed by atoms with Gasteiger partial charge < -0.3 is 4.74 Å². The van der Waals surface area contributed by atoms with E-state index in [1.807, 2.05) is 0 Å². The second kappa shape index (κ2) is 5.18. The first-order valence-electron chi connectivity index (χ1n) is 5.07. The lowest BCUT2D eigenvalue weighted by atomic mass is 10.1. The van der Waals surface area contributed by atoms with E-state index in [2.05, 4.69) is 6.92 Å². The van der Waals surface area contributed by atoms with Gasteiger partial charge in [0.1, 0.15) is 0 Å². The van der Waals surface area contributed by atoms with Crippen LogP contribution in [0, 0.1) is 0 Å². The first-order chi connectivity index (χ1) is 6.31. The Balaban J connectivity index is 2.15. The van der Waals surface area contributed by atoms with Crippen molar-refractivity contribution in [2.24, 2.45) is 0 Å². The number of hydrogen-bond donors (Lipinski definition) is 0. The highest BCUT2D eigenvalue weighted by Crippen LogP contribution is 2.14. The van der Waals surface area contributed by atoms with Crippen LogP contribution in [0.15, 0.2) is 4.79 Å². The molecule has 0 radical (unpaired) electrons. The zero-order valence-corrected chi connectivity index (χ0v) is 8.56. The van der Waals surface area contributed by atoms with Crippen molar-refractivity contribution in [2.45, 2.75) is 45.6 Å². The van der Waals surface area contributed by atoms with Crippen LogP contribution in [0.1, 0.15) is 43.7 Å². The molecule has 0 aliphatic heterocycles. The molecule has 0 aliphatic rings. The van der Waals surface area contributed by atoms with Gasteiger partial charge in [-0.05, 0) is 12.8 Å². The Bertz CT molecular complexity index is 256. The Hall–Kier alpha value is -0.630. The molecule has 0 saturated heterocycles. The van der Waals surface area contributed by atoms with Gasteiger partial charge >= 0.3 is 0 Å². The summed E-state index contributed by atoms with van der Waals surface area (Å²) in [6, 6.07) is 0. The van der Waals surface area contributed by atoms with Crippen LogP contribution in [0.25, 0.3) is 0 Å². The van der Waals surface area contributed by atoms with Gasteiger partial charge in [0.2, 0.25) is 0 Å². The van der Waals surface area contributed by atoms with Gasteiger partial charge in [0.05, 0.1) is 6.61 Å². The number of unbranched alkanes of at least 4 members (excludes halogenated alkanes) is 3. The van der Waals surface area contributed by atoms with E-state index in [4.69, 9.17) is 4.74 Å². The van der Waals surface area contributed by atoms with E-state index < -0.39 is 0 Å². The van der Waals surface area contributed by atoms with Crippen LogP contribution in [-0.2, 0) is 17.8 Å². The molecule has 0 fully saturated rings. The lowest BCUT2D eigenvalue weighted by Crippen LogP contribution is -1.84. The number of hydrogen-bond acceptors (Lipinski definition) is 2. The van der Waals surface area contributed by atoms with Crippen LogP contribution in [-0.4, -0.2) is 7.11 Å². The predicted molar refractivity (Wildman–Crippen MR) is 53.6 cm³/mol. The van der Waals surface area contributed by atoms with Crippen LogP contribution in [0.3, 0.4) is 0 Å². The molecule has 0 aromatic heterocycles. The molecule has 0 N–H and O–H groups in total. The maximum absolute atomic E-state index is 11.1. The highest BCUT2D eigenvalue weighted by Gasteiger charge is 2.20. The molecule has 0 aliphatic carbocycles. The van der Waals surface area contributed by atoms with Crippen molar-refractivity contribution < 1.29 is 4.74 Å². The van der Waals surface area contributed by atoms with E-state index in [0.29, 0.717) is 6.61 Å². The third-order valence-corrected chi connectivity index (χ3v) is 2.42. The Labute approximate surface area is 79.6 Å². The van der Waals surface area contributed by atoms with Crippen LogP contribution in [0.2, 0.25) is 0 Å². The summed E-state index contributed by atoms with van der Waals surface area (Å²) in [6.45, 7) is 2.71. The molecule has 74 valence electrons. The SMILES string of the molecule is CCCCCCc1c(COC)c1=O. The quantitative estimate of drug-likeness (QED) is 0.604. The lowest BCUT2D eigenvalue weighted by molar-refractivity contribution is 0.186. The van der Waals surface area contributed by atoms with E-state index in [1.54, 1.807) is 7.11 Å². The molecule has 0 bridgehead atoms. The zero-order chi connectivity index (χ0) is 9.68. The average Bonchev–Trinajstić information content (AvgIpc) is 2.72. The molecule has 0 saturated carbocycles. The molecule has 0 spiro atoms. The van der Waals surface area contributed by atoms with Crippen molar-refractivity contribution in [3.8, 4) is 0 Å². The maximum Gasteiger partial charge on any atom is 0.188 e. The fraction of sp³-hybridized carbons (Fsp3) is 0.727. The van der Waals surface area contributed by atoms with Crippen molar-refractivity contribution in [3.63, 3.8) is 0 Å². The second-order valence-electron chi connectivity index (χ2n) is 3.53. The fourth-order valence-corrected chi connectivity index (χ4v) is 1.54. The smallest absolute Gasteiger partial charge is 0.188 e. The van der Waals surface area contributed by atoms with Crippen LogP contribution >= 0.6 is 0 Å². The summed E-state index contributed by atoms with van der Waals surface area (Å²) in [7, 11) is 1.63. The van der Waals surface area contributed by atoms with E-state index in [9.17, 15) is 4.79 Å². The van der Waals surface area contributed by atoms with Gasteiger partial charge in [-0.25, -0.2) is 0 Å². The summed E-state index contributed by atoms with van der Waals surface area (Å²) >= 11 is 0. The van der Waals surface area contributed by atoms with Gasteiger partial charge in [0.15, 0.2) is 5.43 Å². The van der Waals surface area contributed by atoms with Gasteiger partial charge in [0, 0.05) is 18.2 Å². The van der Waals surface area contributed by atoms with E-state index >= 15 is 0 Å². The third kappa shape index (κ3) is 2.96. The molecule has 2 nitrogen and oxygen atoms in total. The van der Waals surface area contributed by atoms with Crippen LogP contribution in [0.5, 0.6) is 0 Å². The Morgan fingerprint density at radius 3 is 2.54 bits per heavy atom. The molecule has 0 unspecified atom stereocenters. The van der Waals surface area contributed by atoms with E-state index in [0.717, 1.165) is 24.0 Å². The van der Waals surface area contributed by atoms with Crippen molar-refractivity contribution in [3.05, 3.63) is 21.4 Å². The third-order valence-electron chi connectivity index (χ3n) is 2.42. The second-order valence-corrected chi connectivity index (χ2v) is 3.53. The first-order valence-corrected chi connectivity index (χ1v) is 5.07. The summed E-state index contributed by atoms with van der Waals surface area (Å²) in [6.07, 6.45) is 5.90. The van der Waals surface area contributed by atoms with Gasteiger partial charge in [-0.15, -0.1) is 0 Å². The van der Waals surface area contributed by atoms with Crippen molar-refractivity contribution >= 4 is 0 Å². The van der Waals surface area contributed by atoms with E-state index in [-0.39, 0.29) is 5.43 Å². The molecule has 1 aromatic rings. The number of rotatable bonds is 7. The Morgan fingerprint density at radius 1 is 1.15 bits per heavy atom. The normalized spacial score (nSPS) is 11.2. The predicted octanol–water partition coefficient (Wildman–Crippen LogP) is 2.19. The Kier molecular flexibility index (Phi) is 4.16. The summed E-state index contributed by atoms with van der Waals surface area (Å²) in [5.74, 6) is 0. The minimum atomic E-state index is 0.262. The maximum atomic E-state index is 11.1. The zero-order valence-electron chi connectivity index (χ0n) is 8.56. The number of ether oxygens (including phenoxy) is 1. The molecule has 0 amide bonds. The molecule has 2 heteroatoms. The lowest BCUT2D eigenvalue weighted by Gasteiger charge is -1.93. The van der Waals surface area contributed by atoms with Crippen molar-refractivity contribution in [1.29, 1.82) is 0 Å². The average molecular weight is 182 g/mol. The van der Waals surface area contributed by atoms with Crippen LogP contribution in [0.4, 0.5) is 0 Å². The van der Waals surface area contributed by atoms with Gasteiger partial charge in [-0.2, -0.15) is 0 Å². The minimum Gasteiger partial charge on any atom is -0.380 e. The Morgan fingerprint density at radius 2 is 1.92 bits per heavy atom. The largest absolute Gasteiger partial charge is 0.380 e. The summed E-state index contributed by atoms with van der Waals surface area (Å²) in [5.41, 5.74) is 2.23. The molecular formula is C11H18O2. The standard InChI is InChI=1S/C11H18O2/c1-3-4-5-6-7-9-10(8-13-2)11(9)12/h3-8H2,1-2H3. The summed E-state index contributed by atoms with van der Waals surface area (Å²) in [4.78, 5) is 11.1. The monoisotopic (exact) mass is 182 g/mol. The van der Waals surface area contributed by atoms with Gasteiger partial charge in [-0.3, -0.25) is 4.79 Å². The molecule has 0 heterocycles. The number of methoxy groups -OCH3 is 1. The highest BCUT2D eigenvalue weighted by atomic mass is 16.5. The summed E-state index contributed by atoms with van der Waals surface area (Å²) < 4.78 is 4.92. The van der Waals surface area contributed by atoms with Gasteiger partial charge in [-0.1, -0.05) is 26.2 Å². The summed E-state index contributed by atoms with van der Waals surface area (Å²) in [5, 5.41) is 0. The molecule has 0 atom stereocenters. The van der Waals surface area contributed by atoms with Crippen molar-refractivity contribution in [2.75, 3.05) is 7.11 Å². The minimum absolute atomic E-state index is 0.262. The first kappa shape index (κ1) is 10.5. The van der Waals surface area contributed by atoms with Crippen molar-refractivity contribution in [1.82, 2.24) is 0 Å².